The first-order valence-corrected chi connectivity index (χ1v) is 7.11. The molecule has 6 nitrogen and oxygen atoms in total. The van der Waals surface area contributed by atoms with Crippen LogP contribution in [0.2, 0.25) is 5.28 Å². The number of nitrogens with zero attached hydrogens (tertiary/aromatic N) is 2. The number of benzene rings is 1. The van der Waals surface area contributed by atoms with Crippen LogP contribution in [0.25, 0.3) is 0 Å². The van der Waals surface area contributed by atoms with E-state index in [9.17, 15) is 14.0 Å². The number of nitrogens with one attached hydrogen (secondary N) is 1. The Morgan fingerprint density at radius 1 is 1.35 bits per heavy atom. The van der Waals surface area contributed by atoms with Gasteiger partial charge in [0.15, 0.2) is 5.78 Å². The summed E-state index contributed by atoms with van der Waals surface area (Å²) in [6.45, 7) is 1.78. The minimum Gasteiger partial charge on any atom is -0.450 e. The summed E-state index contributed by atoms with van der Waals surface area (Å²) in [5.41, 5.74) is 0.544. The molecule has 0 aliphatic rings. The average Bonchev–Trinajstić information content (AvgIpc) is 2.49. The maximum absolute atomic E-state index is 13.7. The summed E-state index contributed by atoms with van der Waals surface area (Å²) in [5.74, 6) is -0.966. The van der Waals surface area contributed by atoms with E-state index in [0.29, 0.717) is 5.69 Å². The first-order chi connectivity index (χ1) is 11.0. The largest absolute Gasteiger partial charge is 0.450 e. The van der Waals surface area contributed by atoms with E-state index in [0.717, 1.165) is 6.07 Å². The second kappa shape index (κ2) is 7.64. The van der Waals surface area contributed by atoms with Crippen molar-refractivity contribution in [1.29, 1.82) is 0 Å². The summed E-state index contributed by atoms with van der Waals surface area (Å²) in [6.07, 6.45) is 0.627. The number of aromatic nitrogens is 2. The van der Waals surface area contributed by atoms with Crippen molar-refractivity contribution in [2.24, 2.45) is 0 Å². The number of Topliss-reactive ketones (excluding diaryl/α,β-unsaturated/α-hetero) is 1. The lowest BCUT2D eigenvalue weighted by atomic mass is 10.1. The van der Waals surface area contributed by atoms with Gasteiger partial charge in [0.25, 0.3) is 0 Å². The molecule has 1 amide bonds. The quantitative estimate of drug-likeness (QED) is 0.669. The third-order valence-electron chi connectivity index (χ3n) is 2.83. The van der Waals surface area contributed by atoms with Gasteiger partial charge in [0, 0.05) is 11.8 Å². The van der Waals surface area contributed by atoms with E-state index in [4.69, 9.17) is 11.6 Å². The number of anilines is 1. The molecular formula is C15H13ClFN3O3. The van der Waals surface area contributed by atoms with Crippen LogP contribution in [0.3, 0.4) is 0 Å². The Morgan fingerprint density at radius 3 is 2.83 bits per heavy atom. The van der Waals surface area contributed by atoms with Crippen LogP contribution < -0.4 is 5.32 Å². The van der Waals surface area contributed by atoms with Gasteiger partial charge in [0.05, 0.1) is 24.4 Å². The molecule has 0 bridgehead atoms. The summed E-state index contributed by atoms with van der Waals surface area (Å²) < 4.78 is 18.4. The lowest BCUT2D eigenvalue weighted by Crippen LogP contribution is -2.15. The fourth-order valence-corrected chi connectivity index (χ4v) is 1.97. The Morgan fingerprint density at radius 2 is 2.13 bits per heavy atom. The van der Waals surface area contributed by atoms with Gasteiger partial charge in [-0.2, -0.15) is 0 Å². The topological polar surface area (TPSA) is 81.2 Å². The molecule has 1 aromatic carbocycles. The van der Waals surface area contributed by atoms with E-state index < -0.39 is 11.9 Å². The maximum atomic E-state index is 13.7. The third-order valence-corrected chi connectivity index (χ3v) is 3.01. The number of ether oxygens (including phenoxy) is 1. The van der Waals surface area contributed by atoms with Gasteiger partial charge in [0.2, 0.25) is 5.28 Å². The van der Waals surface area contributed by atoms with E-state index in [1.807, 2.05) is 0 Å². The highest BCUT2D eigenvalue weighted by Crippen LogP contribution is 2.18. The van der Waals surface area contributed by atoms with E-state index in [1.165, 1.54) is 18.3 Å². The molecule has 0 atom stereocenters. The van der Waals surface area contributed by atoms with Gasteiger partial charge in [0.1, 0.15) is 5.82 Å². The van der Waals surface area contributed by atoms with E-state index >= 15 is 0 Å². The van der Waals surface area contributed by atoms with Crippen LogP contribution in [0.1, 0.15) is 23.0 Å². The normalized spacial score (nSPS) is 10.2. The highest BCUT2D eigenvalue weighted by Gasteiger charge is 2.13. The second-order valence-corrected chi connectivity index (χ2v) is 4.80. The summed E-state index contributed by atoms with van der Waals surface area (Å²) in [5, 5.41) is 2.29. The molecule has 2 aromatic rings. The molecule has 1 aromatic heterocycles. The summed E-state index contributed by atoms with van der Waals surface area (Å²) in [6, 6.07) is 5.24. The van der Waals surface area contributed by atoms with Gasteiger partial charge >= 0.3 is 6.09 Å². The van der Waals surface area contributed by atoms with Gasteiger partial charge in [-0.1, -0.05) is 0 Å². The minimum atomic E-state index is -0.793. The molecule has 0 aliphatic carbocycles. The predicted octanol–water partition coefficient (Wildman–Crippen LogP) is 3.26. The molecule has 0 saturated carbocycles. The molecular weight excluding hydrogens is 325 g/mol. The highest BCUT2D eigenvalue weighted by atomic mass is 35.5. The number of halogens is 2. The number of rotatable bonds is 5. The molecule has 0 radical (unpaired) electrons. The first kappa shape index (κ1) is 16.8. The van der Waals surface area contributed by atoms with Crippen LogP contribution in [0.5, 0.6) is 0 Å². The number of carbonyl (C=O) groups excluding carboxylic acids is 2. The molecule has 8 heteroatoms. The van der Waals surface area contributed by atoms with Gasteiger partial charge in [-0.3, -0.25) is 10.1 Å². The van der Waals surface area contributed by atoms with Crippen molar-refractivity contribution in [3.8, 4) is 0 Å². The van der Waals surface area contributed by atoms with Crippen LogP contribution in [-0.2, 0) is 11.2 Å². The monoisotopic (exact) mass is 337 g/mol. The number of hydrogen-bond donors (Lipinski definition) is 1. The van der Waals surface area contributed by atoms with E-state index in [2.05, 4.69) is 20.0 Å². The van der Waals surface area contributed by atoms with Crippen molar-refractivity contribution in [2.75, 3.05) is 11.9 Å². The molecule has 1 heterocycles. The van der Waals surface area contributed by atoms with Crippen molar-refractivity contribution >= 4 is 29.2 Å². The molecule has 0 aliphatic heterocycles. The smallest absolute Gasteiger partial charge is 0.411 e. The van der Waals surface area contributed by atoms with Crippen LogP contribution in [0, 0.1) is 5.82 Å². The standard InChI is InChI=1S/C15H13ClFN3O3/c1-2-23-15(22)20-12-7-9(3-4-11(12)17)13(21)8-10-5-6-18-14(16)19-10/h3-7H,2,8H2,1H3,(H,20,22). The molecule has 1 N–H and O–H groups in total. The van der Waals surface area contributed by atoms with Crippen LogP contribution in [0.4, 0.5) is 14.9 Å². The molecule has 0 spiro atoms. The molecule has 0 saturated heterocycles. The zero-order valence-electron chi connectivity index (χ0n) is 12.2. The van der Waals surface area contributed by atoms with Gasteiger partial charge in [-0.15, -0.1) is 0 Å². The number of amides is 1. The molecule has 2 rings (SSSR count). The van der Waals surface area contributed by atoms with Crippen molar-refractivity contribution in [3.63, 3.8) is 0 Å². The highest BCUT2D eigenvalue weighted by molar-refractivity contribution is 6.28. The Labute approximate surface area is 136 Å². The van der Waals surface area contributed by atoms with Gasteiger partial charge < -0.3 is 4.74 Å². The summed E-state index contributed by atoms with van der Waals surface area (Å²) in [7, 11) is 0. The average molecular weight is 338 g/mol. The fraction of sp³-hybridized carbons (Fsp3) is 0.200. The third kappa shape index (κ3) is 4.72. The number of carbonyl (C=O) groups is 2. The van der Waals surface area contributed by atoms with E-state index in [1.54, 1.807) is 13.0 Å². The second-order valence-electron chi connectivity index (χ2n) is 4.46. The number of hydrogen-bond acceptors (Lipinski definition) is 5. The Balaban J connectivity index is 2.16. The predicted molar refractivity (Wildman–Crippen MR) is 82.1 cm³/mol. The van der Waals surface area contributed by atoms with Gasteiger partial charge in [-0.05, 0) is 42.8 Å². The lowest BCUT2D eigenvalue weighted by molar-refractivity contribution is 0.0991. The van der Waals surface area contributed by atoms with E-state index in [-0.39, 0.29) is 35.3 Å². The molecule has 0 fully saturated rings. The fourth-order valence-electron chi connectivity index (χ4n) is 1.81. The molecule has 120 valence electrons. The minimum absolute atomic E-state index is 0.0211. The Kier molecular flexibility index (Phi) is 5.59. The van der Waals surface area contributed by atoms with Gasteiger partial charge in [-0.25, -0.2) is 19.2 Å². The SMILES string of the molecule is CCOC(=O)Nc1cc(C(=O)Cc2ccnc(Cl)n2)ccc1F. The van der Waals surface area contributed by atoms with Crippen LogP contribution in [0.15, 0.2) is 30.5 Å². The Bertz CT molecular complexity index is 740. The van der Waals surface area contributed by atoms with Crippen molar-refractivity contribution in [2.45, 2.75) is 13.3 Å². The first-order valence-electron chi connectivity index (χ1n) is 6.73. The zero-order chi connectivity index (χ0) is 16.8. The summed E-state index contributed by atoms with van der Waals surface area (Å²) >= 11 is 5.66. The van der Waals surface area contributed by atoms with Crippen LogP contribution in [-0.4, -0.2) is 28.5 Å². The maximum Gasteiger partial charge on any atom is 0.411 e. The van der Waals surface area contributed by atoms with Crippen molar-refractivity contribution < 1.29 is 18.7 Å². The Hall–Kier alpha value is -2.54. The lowest BCUT2D eigenvalue weighted by Gasteiger charge is -2.08. The van der Waals surface area contributed by atoms with Crippen molar-refractivity contribution in [3.05, 3.63) is 52.8 Å². The number of ketones is 1. The molecule has 23 heavy (non-hydrogen) atoms. The zero-order valence-corrected chi connectivity index (χ0v) is 12.9. The summed E-state index contributed by atoms with van der Waals surface area (Å²) in [4.78, 5) is 31.2. The van der Waals surface area contributed by atoms with Crippen LogP contribution >= 0.6 is 11.6 Å². The van der Waals surface area contributed by atoms with Crippen molar-refractivity contribution in [1.82, 2.24) is 9.97 Å². The molecule has 0 unspecified atom stereocenters.